The number of hydrogen-bond acceptors (Lipinski definition) is 16. The molecule has 2 aromatic carbocycles. The van der Waals surface area contributed by atoms with Crippen LogP contribution in [-0.2, 0) is 14.2 Å². The molecule has 2 saturated heterocycles. The van der Waals surface area contributed by atoms with Crippen LogP contribution in [0.4, 0.5) is 0 Å². The van der Waals surface area contributed by atoms with Crippen LogP contribution in [0.5, 0.6) is 28.7 Å². The molecule has 10 atom stereocenters. The van der Waals surface area contributed by atoms with Crippen LogP contribution < -0.4 is 19.6 Å². The van der Waals surface area contributed by atoms with Crippen molar-refractivity contribution in [2.75, 3.05) is 20.8 Å². The number of fused-ring (bicyclic) bond motifs is 1. The van der Waals surface area contributed by atoms with Gasteiger partial charge in [0.2, 0.25) is 17.5 Å². The third kappa shape index (κ3) is 6.11. The minimum absolute atomic E-state index is 0.105. The van der Waals surface area contributed by atoms with E-state index >= 15 is 0 Å². The molecule has 3 aromatic rings. The van der Waals surface area contributed by atoms with Crippen LogP contribution in [0.2, 0.25) is 0 Å². The first-order chi connectivity index (χ1) is 21.4. The number of aliphatic hydroxyl groups is 6. The summed E-state index contributed by atoms with van der Waals surface area (Å²) in [5, 5.41) is 82.9. The highest BCUT2D eigenvalue weighted by Crippen LogP contribution is 2.40. The van der Waals surface area contributed by atoms with Crippen LogP contribution in [-0.4, -0.2) is 123 Å². The average molecular weight is 639 g/mol. The standard InChI is InChI=1S/C29H34O16/c1-10-19(32)22(35)24(37)28(42-10)41-9-17-20(33)23(36)25(38)29(44-17)45-27-21(34)18-14(31)7-12(39-2)8-16(18)43-26(27)11-4-5-15(40-3)13(30)6-11/h4-8,10,17,19-20,22-25,28-33,35-38H,9H2,1-3H3. The number of phenols is 2. The van der Waals surface area contributed by atoms with Crippen molar-refractivity contribution in [1.82, 2.24) is 0 Å². The van der Waals surface area contributed by atoms with Crippen LogP contribution >= 0.6 is 0 Å². The highest BCUT2D eigenvalue weighted by atomic mass is 16.7. The lowest BCUT2D eigenvalue weighted by molar-refractivity contribution is -0.318. The number of aromatic hydroxyl groups is 2. The molecule has 0 amide bonds. The number of hydrogen-bond donors (Lipinski definition) is 8. The molecule has 16 nitrogen and oxygen atoms in total. The Balaban J connectivity index is 1.50. The largest absolute Gasteiger partial charge is 0.507 e. The van der Waals surface area contributed by atoms with Crippen molar-refractivity contribution in [2.24, 2.45) is 0 Å². The van der Waals surface area contributed by atoms with Crippen molar-refractivity contribution in [3.8, 4) is 40.1 Å². The summed E-state index contributed by atoms with van der Waals surface area (Å²) in [4.78, 5) is 13.8. The topological polar surface area (TPSA) is 247 Å². The fourth-order valence-corrected chi connectivity index (χ4v) is 5.11. The van der Waals surface area contributed by atoms with Gasteiger partial charge in [-0.3, -0.25) is 4.79 Å². The predicted molar refractivity (Wildman–Crippen MR) is 150 cm³/mol. The van der Waals surface area contributed by atoms with E-state index in [9.17, 15) is 45.6 Å². The number of aliphatic hydroxyl groups excluding tert-OH is 6. The first-order valence-electron chi connectivity index (χ1n) is 13.8. The van der Waals surface area contributed by atoms with Gasteiger partial charge >= 0.3 is 0 Å². The Hall–Kier alpha value is -3.71. The van der Waals surface area contributed by atoms with Gasteiger partial charge in [0.25, 0.3) is 0 Å². The number of phenolic OH excluding ortho intramolecular Hbond substituents is 2. The molecule has 0 spiro atoms. The van der Waals surface area contributed by atoms with E-state index in [1.54, 1.807) is 0 Å². The van der Waals surface area contributed by atoms with Gasteiger partial charge in [-0.05, 0) is 25.1 Å². The lowest BCUT2D eigenvalue weighted by atomic mass is 9.98. The molecule has 0 aliphatic carbocycles. The predicted octanol–water partition coefficient (Wildman–Crippen LogP) is -1.08. The molecule has 1 aromatic heterocycles. The van der Waals surface area contributed by atoms with Gasteiger partial charge in [0.1, 0.15) is 65.2 Å². The van der Waals surface area contributed by atoms with Crippen molar-refractivity contribution in [1.29, 1.82) is 0 Å². The maximum Gasteiger partial charge on any atom is 0.239 e. The third-order valence-electron chi connectivity index (χ3n) is 7.72. The molecule has 2 fully saturated rings. The summed E-state index contributed by atoms with van der Waals surface area (Å²) in [6, 6.07) is 6.54. The van der Waals surface area contributed by atoms with Gasteiger partial charge in [-0.15, -0.1) is 0 Å². The van der Waals surface area contributed by atoms with Gasteiger partial charge < -0.3 is 73.7 Å². The van der Waals surface area contributed by atoms with E-state index in [2.05, 4.69) is 0 Å². The number of ether oxygens (including phenoxy) is 6. The smallest absolute Gasteiger partial charge is 0.239 e. The lowest BCUT2D eigenvalue weighted by Crippen LogP contribution is -2.61. The number of rotatable bonds is 8. The fourth-order valence-electron chi connectivity index (χ4n) is 5.11. The minimum Gasteiger partial charge on any atom is -0.507 e. The Labute approximate surface area is 254 Å². The quantitative estimate of drug-likeness (QED) is 0.146. The van der Waals surface area contributed by atoms with Gasteiger partial charge in [0, 0.05) is 17.7 Å². The molecule has 3 heterocycles. The Morgan fingerprint density at radius 2 is 1.47 bits per heavy atom. The molecule has 0 radical (unpaired) electrons. The third-order valence-corrected chi connectivity index (χ3v) is 7.72. The molecule has 45 heavy (non-hydrogen) atoms. The van der Waals surface area contributed by atoms with Crippen molar-refractivity contribution >= 4 is 11.0 Å². The van der Waals surface area contributed by atoms with Crippen molar-refractivity contribution in [3.63, 3.8) is 0 Å². The highest BCUT2D eigenvalue weighted by Gasteiger charge is 2.47. The molecule has 246 valence electrons. The minimum atomic E-state index is -1.93. The SMILES string of the molecule is COc1cc(O)c2c(=O)c(OC3OC(COC4OC(C)C(O)C(O)C4O)C(O)C(O)C3O)c(-c3ccc(OC)c(O)c3)oc2c1. The van der Waals surface area contributed by atoms with Crippen LogP contribution in [0, 0.1) is 0 Å². The second-order valence-corrected chi connectivity index (χ2v) is 10.6. The van der Waals surface area contributed by atoms with E-state index < -0.39 is 84.9 Å². The Morgan fingerprint density at radius 1 is 0.778 bits per heavy atom. The zero-order valence-corrected chi connectivity index (χ0v) is 24.2. The number of benzene rings is 2. The maximum atomic E-state index is 13.8. The Kier molecular flexibility index (Phi) is 9.41. The molecular weight excluding hydrogens is 604 g/mol. The van der Waals surface area contributed by atoms with Gasteiger partial charge in [-0.25, -0.2) is 0 Å². The van der Waals surface area contributed by atoms with Crippen molar-refractivity contribution in [3.05, 3.63) is 40.6 Å². The molecule has 0 saturated carbocycles. The highest BCUT2D eigenvalue weighted by molar-refractivity contribution is 5.88. The molecule has 16 heteroatoms. The molecule has 8 N–H and O–H groups in total. The van der Waals surface area contributed by atoms with E-state index in [4.69, 9.17) is 32.8 Å². The molecule has 0 bridgehead atoms. The Morgan fingerprint density at radius 3 is 2.13 bits per heavy atom. The van der Waals surface area contributed by atoms with E-state index in [1.807, 2.05) is 0 Å². The van der Waals surface area contributed by atoms with Gasteiger partial charge in [-0.2, -0.15) is 0 Å². The summed E-state index contributed by atoms with van der Waals surface area (Å²) in [7, 11) is 2.68. The Bertz CT molecular complexity index is 1570. The van der Waals surface area contributed by atoms with Gasteiger partial charge in [0.05, 0.1) is 26.9 Å². The zero-order chi connectivity index (χ0) is 32.7. The van der Waals surface area contributed by atoms with Crippen LogP contribution in [0.25, 0.3) is 22.3 Å². The zero-order valence-electron chi connectivity index (χ0n) is 24.2. The van der Waals surface area contributed by atoms with E-state index in [0.29, 0.717) is 0 Å². The normalized spacial score (nSPS) is 31.9. The summed E-state index contributed by atoms with van der Waals surface area (Å²) in [5.74, 6) is -1.44. The number of methoxy groups -OCH3 is 2. The van der Waals surface area contributed by atoms with E-state index in [-0.39, 0.29) is 39.5 Å². The monoisotopic (exact) mass is 638 g/mol. The van der Waals surface area contributed by atoms with E-state index in [0.717, 1.165) is 0 Å². The fraction of sp³-hybridized carbons (Fsp3) is 0.483. The summed E-state index contributed by atoms with van der Waals surface area (Å²) < 4.78 is 38.5. The lowest BCUT2D eigenvalue weighted by Gasteiger charge is -2.42. The summed E-state index contributed by atoms with van der Waals surface area (Å²) in [6.07, 6.45) is -15.9. The molecule has 5 rings (SSSR count). The molecule has 2 aliphatic heterocycles. The molecular formula is C29H34O16. The first-order valence-corrected chi connectivity index (χ1v) is 13.8. The summed E-state index contributed by atoms with van der Waals surface area (Å²) in [5.41, 5.74) is -0.936. The van der Waals surface area contributed by atoms with Crippen LogP contribution in [0.15, 0.2) is 39.5 Å². The van der Waals surface area contributed by atoms with Gasteiger partial charge in [0.15, 0.2) is 23.5 Å². The molecule has 10 unspecified atom stereocenters. The van der Waals surface area contributed by atoms with Crippen LogP contribution in [0.3, 0.4) is 0 Å². The van der Waals surface area contributed by atoms with Crippen molar-refractivity contribution in [2.45, 2.75) is 68.3 Å². The molecule has 2 aliphatic rings. The summed E-state index contributed by atoms with van der Waals surface area (Å²) >= 11 is 0. The average Bonchev–Trinajstić information content (AvgIpc) is 3.02. The summed E-state index contributed by atoms with van der Waals surface area (Å²) in [6.45, 7) is 0.864. The second kappa shape index (κ2) is 13.0. The van der Waals surface area contributed by atoms with E-state index in [1.165, 1.54) is 51.5 Å². The van der Waals surface area contributed by atoms with Crippen molar-refractivity contribution < 1.29 is 73.7 Å². The van der Waals surface area contributed by atoms with Gasteiger partial charge in [-0.1, -0.05) is 0 Å². The maximum absolute atomic E-state index is 13.8. The van der Waals surface area contributed by atoms with Crippen LogP contribution in [0.1, 0.15) is 6.92 Å². The second-order valence-electron chi connectivity index (χ2n) is 10.6. The first kappa shape index (κ1) is 32.7.